The molecule has 0 saturated carbocycles. The third-order valence-corrected chi connectivity index (χ3v) is 5.15. The second kappa shape index (κ2) is 8.38. The number of piperidine rings is 1. The topological polar surface area (TPSA) is 111 Å². The number of nitrogen functional groups attached to an aromatic ring is 1. The first-order valence-electron chi connectivity index (χ1n) is 9.56. The van der Waals surface area contributed by atoms with Crippen molar-refractivity contribution in [2.24, 2.45) is 11.8 Å². The lowest BCUT2D eigenvalue weighted by Crippen LogP contribution is -2.39. The summed E-state index contributed by atoms with van der Waals surface area (Å²) in [5, 5.41) is 14.4. The molecule has 1 heterocycles. The van der Waals surface area contributed by atoms with Crippen LogP contribution in [0.4, 0.5) is 22.7 Å². The fourth-order valence-electron chi connectivity index (χ4n) is 3.90. The van der Waals surface area contributed by atoms with E-state index in [0.717, 1.165) is 19.5 Å². The fourth-order valence-corrected chi connectivity index (χ4v) is 3.90. The van der Waals surface area contributed by atoms with E-state index >= 15 is 0 Å². The highest BCUT2D eigenvalue weighted by Crippen LogP contribution is 2.34. The number of amides is 1. The molecule has 0 aromatic heterocycles. The van der Waals surface area contributed by atoms with E-state index < -0.39 is 10.8 Å². The molecule has 0 bridgehead atoms. The summed E-state index contributed by atoms with van der Waals surface area (Å²) in [7, 11) is 1.52. The highest BCUT2D eigenvalue weighted by molar-refractivity contribution is 6.06. The van der Waals surface area contributed by atoms with Gasteiger partial charge in [-0.25, -0.2) is 0 Å². The third kappa shape index (κ3) is 4.59. The van der Waals surface area contributed by atoms with Crippen molar-refractivity contribution in [3.63, 3.8) is 0 Å². The Morgan fingerprint density at radius 2 is 1.90 bits per heavy atom. The van der Waals surface area contributed by atoms with Gasteiger partial charge in [0.15, 0.2) is 0 Å². The predicted molar refractivity (Wildman–Crippen MR) is 114 cm³/mol. The molecule has 8 nitrogen and oxygen atoms in total. The van der Waals surface area contributed by atoms with Gasteiger partial charge in [-0.2, -0.15) is 0 Å². The molecule has 2 unspecified atom stereocenters. The Kier molecular flexibility index (Phi) is 5.91. The van der Waals surface area contributed by atoms with Crippen LogP contribution in [0.15, 0.2) is 36.4 Å². The Balaban J connectivity index is 1.88. The number of nitrogens with zero attached hydrogens (tertiary/aromatic N) is 2. The first-order chi connectivity index (χ1) is 13.8. The Labute approximate surface area is 169 Å². The molecule has 1 saturated heterocycles. The van der Waals surface area contributed by atoms with Gasteiger partial charge in [0, 0.05) is 30.8 Å². The number of anilines is 3. The van der Waals surface area contributed by atoms with E-state index in [-0.39, 0.29) is 11.3 Å². The number of carbonyl (C=O) groups is 1. The number of hydrogen-bond acceptors (Lipinski definition) is 6. The normalized spacial score (nSPS) is 18.9. The first-order valence-corrected chi connectivity index (χ1v) is 9.56. The van der Waals surface area contributed by atoms with Crippen LogP contribution in [0.3, 0.4) is 0 Å². The molecule has 1 fully saturated rings. The summed E-state index contributed by atoms with van der Waals surface area (Å²) in [5.41, 5.74) is 7.35. The minimum Gasteiger partial charge on any atom is -0.497 e. The van der Waals surface area contributed by atoms with Gasteiger partial charge in [0.2, 0.25) is 0 Å². The minimum atomic E-state index is -0.472. The number of ether oxygens (including phenoxy) is 1. The van der Waals surface area contributed by atoms with Crippen LogP contribution in [-0.2, 0) is 0 Å². The number of nitro benzene ring substituents is 1. The maximum absolute atomic E-state index is 12.7. The largest absolute Gasteiger partial charge is 0.497 e. The molecule has 154 valence electrons. The zero-order chi connectivity index (χ0) is 21.1. The molecule has 1 amide bonds. The van der Waals surface area contributed by atoms with Crippen molar-refractivity contribution < 1.29 is 14.5 Å². The highest BCUT2D eigenvalue weighted by Gasteiger charge is 2.28. The second-order valence-electron chi connectivity index (χ2n) is 7.72. The van der Waals surface area contributed by atoms with E-state index in [1.165, 1.54) is 13.2 Å². The molecule has 2 aromatic rings. The van der Waals surface area contributed by atoms with Crippen molar-refractivity contribution in [1.82, 2.24) is 0 Å². The summed E-state index contributed by atoms with van der Waals surface area (Å²) in [6.07, 6.45) is 1.10. The lowest BCUT2D eigenvalue weighted by molar-refractivity contribution is -0.384. The lowest BCUT2D eigenvalue weighted by Gasteiger charge is -2.36. The van der Waals surface area contributed by atoms with Crippen LogP contribution >= 0.6 is 0 Å². The quantitative estimate of drug-likeness (QED) is 0.449. The third-order valence-electron chi connectivity index (χ3n) is 5.15. The Morgan fingerprint density at radius 1 is 1.21 bits per heavy atom. The van der Waals surface area contributed by atoms with E-state index in [1.54, 1.807) is 30.3 Å². The van der Waals surface area contributed by atoms with Gasteiger partial charge >= 0.3 is 0 Å². The summed E-state index contributed by atoms with van der Waals surface area (Å²) < 4.78 is 5.15. The Hall–Kier alpha value is -3.29. The number of nitro groups is 1. The van der Waals surface area contributed by atoms with E-state index in [0.29, 0.717) is 34.6 Å². The molecule has 1 aliphatic rings. The number of methoxy groups -OCH3 is 1. The maximum atomic E-state index is 12.7. The molecule has 29 heavy (non-hydrogen) atoms. The number of rotatable bonds is 5. The van der Waals surface area contributed by atoms with Crippen LogP contribution in [0.2, 0.25) is 0 Å². The molecule has 2 atom stereocenters. The van der Waals surface area contributed by atoms with Gasteiger partial charge in [-0.1, -0.05) is 13.8 Å². The van der Waals surface area contributed by atoms with Crippen molar-refractivity contribution in [1.29, 1.82) is 0 Å². The molecular formula is C21H26N4O4. The average molecular weight is 398 g/mol. The molecule has 0 radical (unpaired) electrons. The first kappa shape index (κ1) is 20.4. The second-order valence-corrected chi connectivity index (χ2v) is 7.72. The summed E-state index contributed by atoms with van der Waals surface area (Å²) >= 11 is 0. The summed E-state index contributed by atoms with van der Waals surface area (Å²) in [6, 6.07) is 9.51. The zero-order valence-corrected chi connectivity index (χ0v) is 16.8. The van der Waals surface area contributed by atoms with Crippen LogP contribution in [0.1, 0.15) is 30.6 Å². The molecule has 3 N–H and O–H groups in total. The van der Waals surface area contributed by atoms with Crippen LogP contribution in [0, 0.1) is 22.0 Å². The highest BCUT2D eigenvalue weighted by atomic mass is 16.6. The smallest absolute Gasteiger partial charge is 0.293 e. The van der Waals surface area contributed by atoms with Crippen molar-refractivity contribution in [2.75, 3.05) is 36.1 Å². The average Bonchev–Trinajstić information content (AvgIpc) is 2.68. The van der Waals surface area contributed by atoms with Gasteiger partial charge in [0.25, 0.3) is 11.6 Å². The van der Waals surface area contributed by atoms with Crippen LogP contribution < -0.4 is 20.7 Å². The molecular weight excluding hydrogens is 372 g/mol. The Bertz CT molecular complexity index is 921. The van der Waals surface area contributed by atoms with Gasteiger partial charge in [0.05, 0.1) is 23.4 Å². The van der Waals surface area contributed by atoms with Gasteiger partial charge in [0.1, 0.15) is 11.4 Å². The number of benzene rings is 2. The summed E-state index contributed by atoms with van der Waals surface area (Å²) in [4.78, 5) is 26.0. The number of nitrogens with one attached hydrogen (secondary N) is 1. The summed E-state index contributed by atoms with van der Waals surface area (Å²) in [6.45, 7) is 5.82. The molecule has 0 aliphatic carbocycles. The summed E-state index contributed by atoms with van der Waals surface area (Å²) in [5.74, 6) is 0.985. The van der Waals surface area contributed by atoms with Gasteiger partial charge < -0.3 is 20.7 Å². The molecule has 3 rings (SSSR count). The van der Waals surface area contributed by atoms with E-state index in [1.807, 2.05) is 4.90 Å². The zero-order valence-electron chi connectivity index (χ0n) is 16.8. The fraction of sp³-hybridized carbons (Fsp3) is 0.381. The SMILES string of the molecule is COc1ccc(N)c(NC(=O)c2ccc(N3CC(C)CC(C)C3)c([N+](=O)[O-])c2)c1. The van der Waals surface area contributed by atoms with Crippen LogP contribution in [0.25, 0.3) is 0 Å². The lowest BCUT2D eigenvalue weighted by atomic mass is 9.91. The number of carbonyl (C=O) groups excluding carboxylic acids is 1. The Morgan fingerprint density at radius 3 is 2.52 bits per heavy atom. The molecule has 1 aliphatic heterocycles. The van der Waals surface area contributed by atoms with Crippen LogP contribution in [0.5, 0.6) is 5.75 Å². The van der Waals surface area contributed by atoms with Crippen molar-refractivity contribution in [3.8, 4) is 5.75 Å². The van der Waals surface area contributed by atoms with Crippen molar-refractivity contribution in [2.45, 2.75) is 20.3 Å². The molecule has 8 heteroatoms. The molecule has 0 spiro atoms. The number of nitrogens with two attached hydrogens (primary N) is 1. The van der Waals surface area contributed by atoms with E-state index in [9.17, 15) is 14.9 Å². The van der Waals surface area contributed by atoms with Crippen molar-refractivity contribution >= 4 is 28.7 Å². The monoisotopic (exact) mass is 398 g/mol. The van der Waals surface area contributed by atoms with Gasteiger partial charge in [-0.05, 0) is 42.5 Å². The predicted octanol–water partition coefficient (Wildman–Crippen LogP) is 3.92. The minimum absolute atomic E-state index is 0.0717. The van der Waals surface area contributed by atoms with Gasteiger partial charge in [-0.15, -0.1) is 0 Å². The molecule has 2 aromatic carbocycles. The maximum Gasteiger partial charge on any atom is 0.293 e. The van der Waals surface area contributed by atoms with E-state index in [2.05, 4.69) is 19.2 Å². The van der Waals surface area contributed by atoms with Crippen LogP contribution in [-0.4, -0.2) is 31.0 Å². The van der Waals surface area contributed by atoms with E-state index in [4.69, 9.17) is 10.5 Å². The van der Waals surface area contributed by atoms with Gasteiger partial charge in [-0.3, -0.25) is 14.9 Å². The number of hydrogen-bond donors (Lipinski definition) is 2. The van der Waals surface area contributed by atoms with Crippen molar-refractivity contribution in [3.05, 3.63) is 52.1 Å². The standard InChI is InChI=1S/C21H26N4O4/c1-13-8-14(2)12-24(11-13)19-7-4-15(9-20(19)25(27)28)21(26)23-18-10-16(29-3)5-6-17(18)22/h4-7,9-10,13-14H,8,11-12,22H2,1-3H3,(H,23,26).